The molecule has 0 aromatic heterocycles. The van der Waals surface area contributed by atoms with E-state index in [1.54, 1.807) is 12.1 Å². The van der Waals surface area contributed by atoms with Crippen LogP contribution in [0.3, 0.4) is 0 Å². The van der Waals surface area contributed by atoms with Gasteiger partial charge in [0, 0.05) is 6.54 Å². The van der Waals surface area contributed by atoms with Crippen LogP contribution < -0.4 is 16.4 Å². The number of nitrogens with two attached hydrogens (primary N) is 1. The molecular weight excluding hydrogens is 343 g/mol. The van der Waals surface area contributed by atoms with Gasteiger partial charge in [0.05, 0.1) is 18.5 Å². The highest BCUT2D eigenvalue weighted by Gasteiger charge is 2.17. The second kappa shape index (κ2) is 10.3. The molecule has 1 amide bonds. The fourth-order valence-electron chi connectivity index (χ4n) is 2.71. The molecule has 0 aliphatic carbocycles. The Kier molecular flexibility index (Phi) is 7.79. The van der Waals surface area contributed by atoms with Gasteiger partial charge in [-0.2, -0.15) is 0 Å². The summed E-state index contributed by atoms with van der Waals surface area (Å²) in [7, 11) is 0. The number of carbonyl (C=O) groups excluding carboxylic acids is 1. The topological polar surface area (TPSA) is 79.5 Å². The number of amides is 1. The number of nitrogens with zero attached hydrogens (tertiary/aromatic N) is 1. The van der Waals surface area contributed by atoms with Crippen molar-refractivity contribution in [3.05, 3.63) is 71.5 Å². The summed E-state index contributed by atoms with van der Waals surface area (Å²) in [6, 6.07) is 16.2. The molecule has 2 aromatic rings. The molecule has 4 N–H and O–H groups in total. The van der Waals surface area contributed by atoms with Crippen LogP contribution in [0.1, 0.15) is 31.0 Å². The maximum absolute atomic E-state index is 13.1. The quantitative estimate of drug-likeness (QED) is 0.494. The van der Waals surface area contributed by atoms with Crippen LogP contribution in [0.4, 0.5) is 4.39 Å². The Hall–Kier alpha value is -2.89. The highest BCUT2D eigenvalue weighted by molar-refractivity contribution is 5.81. The van der Waals surface area contributed by atoms with Crippen molar-refractivity contribution < 1.29 is 9.18 Å². The van der Waals surface area contributed by atoms with E-state index in [2.05, 4.69) is 15.6 Å². The molecule has 0 fully saturated rings. The zero-order valence-corrected chi connectivity index (χ0v) is 15.8. The lowest BCUT2D eigenvalue weighted by Gasteiger charge is -2.19. The van der Waals surface area contributed by atoms with Gasteiger partial charge in [-0.3, -0.25) is 9.79 Å². The Morgan fingerprint density at radius 3 is 2.41 bits per heavy atom. The third-order valence-corrected chi connectivity index (χ3v) is 4.26. The fourth-order valence-corrected chi connectivity index (χ4v) is 2.71. The first-order chi connectivity index (χ1) is 13.0. The molecular formula is C21H27FN4O. The van der Waals surface area contributed by atoms with Gasteiger partial charge in [-0.1, -0.05) is 42.5 Å². The minimum absolute atomic E-state index is 0.0631. The summed E-state index contributed by atoms with van der Waals surface area (Å²) >= 11 is 0. The average Bonchev–Trinajstić information content (AvgIpc) is 2.67. The van der Waals surface area contributed by atoms with Gasteiger partial charge in [0.25, 0.3) is 0 Å². The second-order valence-electron chi connectivity index (χ2n) is 6.43. The smallest absolute Gasteiger partial charge is 0.222 e. The number of primary amides is 1. The highest BCUT2D eigenvalue weighted by Crippen LogP contribution is 2.12. The lowest BCUT2D eigenvalue weighted by molar-refractivity contribution is -0.121. The molecule has 2 unspecified atom stereocenters. The number of benzene rings is 2. The standard InChI is InChI=1S/C21H27FN4O/c1-3-24-21(26-15(2)17-7-5-4-6-8-17)25-14-18(20(23)27)13-16-9-11-19(22)12-10-16/h4-12,15,18H,3,13-14H2,1-2H3,(H2,23,27)(H2,24,25,26). The first kappa shape index (κ1) is 20.4. The van der Waals surface area contributed by atoms with E-state index in [0.717, 1.165) is 11.1 Å². The van der Waals surface area contributed by atoms with Gasteiger partial charge in [-0.25, -0.2) is 4.39 Å². The predicted molar refractivity (Wildman–Crippen MR) is 107 cm³/mol. The largest absolute Gasteiger partial charge is 0.369 e. The van der Waals surface area contributed by atoms with Gasteiger partial charge in [-0.05, 0) is 43.5 Å². The number of hydrogen-bond acceptors (Lipinski definition) is 2. The van der Waals surface area contributed by atoms with E-state index in [4.69, 9.17) is 5.73 Å². The molecule has 2 rings (SSSR count). The predicted octanol–water partition coefficient (Wildman–Crippen LogP) is 2.79. The molecule has 144 valence electrons. The molecule has 2 atom stereocenters. The fraction of sp³-hybridized carbons (Fsp3) is 0.333. The van der Waals surface area contributed by atoms with Gasteiger partial charge < -0.3 is 16.4 Å². The van der Waals surface area contributed by atoms with Crippen molar-refractivity contribution in [3.63, 3.8) is 0 Å². The normalized spacial score (nSPS) is 13.7. The van der Waals surface area contributed by atoms with E-state index in [1.165, 1.54) is 12.1 Å². The summed E-state index contributed by atoms with van der Waals surface area (Å²) in [6.07, 6.45) is 0.423. The molecule has 0 saturated heterocycles. The molecule has 0 saturated carbocycles. The molecule has 0 aliphatic heterocycles. The van der Waals surface area contributed by atoms with E-state index in [1.807, 2.05) is 44.2 Å². The van der Waals surface area contributed by atoms with Crippen LogP contribution in [0.2, 0.25) is 0 Å². The second-order valence-corrected chi connectivity index (χ2v) is 6.43. The summed E-state index contributed by atoms with van der Waals surface area (Å²) in [4.78, 5) is 16.4. The maximum atomic E-state index is 13.1. The van der Waals surface area contributed by atoms with Crippen LogP contribution in [-0.4, -0.2) is 25.0 Å². The molecule has 0 radical (unpaired) electrons. The first-order valence-electron chi connectivity index (χ1n) is 9.13. The van der Waals surface area contributed by atoms with E-state index in [0.29, 0.717) is 18.9 Å². The van der Waals surface area contributed by atoms with Crippen LogP contribution in [-0.2, 0) is 11.2 Å². The average molecular weight is 370 g/mol. The lowest BCUT2D eigenvalue weighted by atomic mass is 9.99. The van der Waals surface area contributed by atoms with Gasteiger partial charge >= 0.3 is 0 Å². The Labute approximate surface area is 159 Å². The molecule has 2 aromatic carbocycles. The van der Waals surface area contributed by atoms with E-state index in [-0.39, 0.29) is 18.4 Å². The minimum Gasteiger partial charge on any atom is -0.369 e. The number of rotatable bonds is 8. The van der Waals surface area contributed by atoms with Gasteiger partial charge in [-0.15, -0.1) is 0 Å². The molecule has 5 nitrogen and oxygen atoms in total. The third kappa shape index (κ3) is 6.73. The van der Waals surface area contributed by atoms with Crippen LogP contribution in [0.25, 0.3) is 0 Å². The van der Waals surface area contributed by atoms with Crippen LogP contribution in [0, 0.1) is 11.7 Å². The molecule has 27 heavy (non-hydrogen) atoms. The maximum Gasteiger partial charge on any atom is 0.222 e. The first-order valence-corrected chi connectivity index (χ1v) is 9.13. The molecule has 6 heteroatoms. The Balaban J connectivity index is 2.05. The summed E-state index contributed by atoms with van der Waals surface area (Å²) < 4.78 is 13.1. The van der Waals surface area contributed by atoms with Crippen LogP contribution in [0.15, 0.2) is 59.6 Å². The Morgan fingerprint density at radius 1 is 1.15 bits per heavy atom. The van der Waals surface area contributed by atoms with Crippen molar-refractivity contribution in [2.75, 3.05) is 13.1 Å². The molecule has 0 aliphatic rings. The lowest BCUT2D eigenvalue weighted by Crippen LogP contribution is -2.39. The summed E-state index contributed by atoms with van der Waals surface area (Å²) in [6.45, 7) is 4.98. The van der Waals surface area contributed by atoms with Crippen molar-refractivity contribution in [2.45, 2.75) is 26.3 Å². The van der Waals surface area contributed by atoms with Crippen molar-refractivity contribution >= 4 is 11.9 Å². The van der Waals surface area contributed by atoms with Crippen molar-refractivity contribution in [1.82, 2.24) is 10.6 Å². The Bertz CT molecular complexity index is 747. The highest BCUT2D eigenvalue weighted by atomic mass is 19.1. The van der Waals surface area contributed by atoms with Crippen molar-refractivity contribution in [1.29, 1.82) is 0 Å². The number of guanidine groups is 1. The third-order valence-electron chi connectivity index (χ3n) is 4.26. The molecule has 0 heterocycles. The molecule has 0 spiro atoms. The molecule has 0 bridgehead atoms. The van der Waals surface area contributed by atoms with Gasteiger partial charge in [0.1, 0.15) is 5.82 Å². The SMILES string of the molecule is CCNC(=NCC(Cc1ccc(F)cc1)C(N)=O)NC(C)c1ccccc1. The van der Waals surface area contributed by atoms with Gasteiger partial charge in [0.2, 0.25) is 5.91 Å². The van der Waals surface area contributed by atoms with Crippen LogP contribution >= 0.6 is 0 Å². The zero-order valence-electron chi connectivity index (χ0n) is 15.8. The Morgan fingerprint density at radius 2 is 1.81 bits per heavy atom. The number of hydrogen-bond donors (Lipinski definition) is 3. The van der Waals surface area contributed by atoms with E-state index >= 15 is 0 Å². The summed E-state index contributed by atoms with van der Waals surface area (Å²) in [5.41, 5.74) is 7.54. The number of carbonyl (C=O) groups is 1. The summed E-state index contributed by atoms with van der Waals surface area (Å²) in [5.74, 6) is -0.562. The number of nitrogens with one attached hydrogen (secondary N) is 2. The van der Waals surface area contributed by atoms with E-state index < -0.39 is 11.8 Å². The van der Waals surface area contributed by atoms with E-state index in [9.17, 15) is 9.18 Å². The minimum atomic E-state index is -0.460. The number of aliphatic imine (C=N–C) groups is 1. The monoisotopic (exact) mass is 370 g/mol. The summed E-state index contributed by atoms with van der Waals surface area (Å²) in [5, 5.41) is 6.52. The number of halogens is 1. The van der Waals surface area contributed by atoms with Crippen molar-refractivity contribution in [2.24, 2.45) is 16.6 Å². The van der Waals surface area contributed by atoms with Crippen molar-refractivity contribution in [3.8, 4) is 0 Å². The van der Waals surface area contributed by atoms with Gasteiger partial charge in [0.15, 0.2) is 5.96 Å². The van der Waals surface area contributed by atoms with Crippen LogP contribution in [0.5, 0.6) is 0 Å². The zero-order chi connectivity index (χ0) is 19.6.